The Labute approximate surface area is 117 Å². The van der Waals surface area contributed by atoms with E-state index in [1.807, 2.05) is 54.6 Å². The number of nitriles is 1. The van der Waals surface area contributed by atoms with Gasteiger partial charge in [0.15, 0.2) is 5.84 Å². The van der Waals surface area contributed by atoms with Crippen molar-refractivity contribution in [2.24, 2.45) is 15.7 Å². The summed E-state index contributed by atoms with van der Waals surface area (Å²) in [6.45, 7) is 1.66. The Kier molecular flexibility index (Phi) is 4.25. The van der Waals surface area contributed by atoms with E-state index in [-0.39, 0.29) is 0 Å². The van der Waals surface area contributed by atoms with Crippen molar-refractivity contribution in [1.29, 1.82) is 5.26 Å². The normalized spacial score (nSPS) is 12.0. The van der Waals surface area contributed by atoms with Gasteiger partial charge in [0.2, 0.25) is 6.19 Å². The Bertz CT molecular complexity index is 690. The summed E-state index contributed by atoms with van der Waals surface area (Å²) in [5.41, 5.74) is 8.47. The average Bonchev–Trinajstić information content (AvgIpc) is 2.47. The number of aliphatic imine (C=N–C) groups is 2. The minimum atomic E-state index is 0.324. The molecule has 0 radical (unpaired) electrons. The van der Waals surface area contributed by atoms with E-state index in [2.05, 4.69) is 9.98 Å². The molecule has 4 heteroatoms. The number of rotatable bonds is 2. The van der Waals surface area contributed by atoms with Crippen molar-refractivity contribution in [1.82, 2.24) is 0 Å². The van der Waals surface area contributed by atoms with E-state index >= 15 is 0 Å². The van der Waals surface area contributed by atoms with Gasteiger partial charge < -0.3 is 5.73 Å². The summed E-state index contributed by atoms with van der Waals surface area (Å²) in [5.74, 6) is 0.689. The summed E-state index contributed by atoms with van der Waals surface area (Å²) in [5, 5.41) is 8.75. The third-order valence-electron chi connectivity index (χ3n) is 2.67. The van der Waals surface area contributed by atoms with Crippen LogP contribution < -0.4 is 5.73 Å². The second kappa shape index (κ2) is 6.30. The predicted octanol–water partition coefficient (Wildman–Crippen LogP) is 2.96. The molecule has 0 aliphatic carbocycles. The molecule has 0 unspecified atom stereocenters. The number of amidine groups is 2. The maximum atomic E-state index is 8.75. The first-order valence-corrected chi connectivity index (χ1v) is 6.14. The van der Waals surface area contributed by atoms with Crippen molar-refractivity contribution in [2.75, 3.05) is 0 Å². The summed E-state index contributed by atoms with van der Waals surface area (Å²) in [6, 6.07) is 17.7. The molecule has 0 saturated carbocycles. The van der Waals surface area contributed by atoms with Crippen LogP contribution in [0.3, 0.4) is 0 Å². The molecule has 20 heavy (non-hydrogen) atoms. The van der Waals surface area contributed by atoms with Crippen LogP contribution in [0.1, 0.15) is 12.5 Å². The molecule has 0 saturated heterocycles. The van der Waals surface area contributed by atoms with Crippen LogP contribution in [0.2, 0.25) is 0 Å². The fourth-order valence-electron chi connectivity index (χ4n) is 1.84. The third-order valence-corrected chi connectivity index (χ3v) is 2.67. The van der Waals surface area contributed by atoms with Crippen LogP contribution in [0.4, 0.5) is 0 Å². The van der Waals surface area contributed by atoms with Gasteiger partial charge in [-0.15, -0.1) is 0 Å². The molecule has 2 aromatic carbocycles. The standard InChI is InChI=1S/C16H14N4/c1-12(18)20-16(19-11-17)15-9-5-8-14(10-15)13-6-3-2-4-7-13/h2-10H,1H3,(H2,18,19,20). The zero-order chi connectivity index (χ0) is 14.4. The second-order valence-electron chi connectivity index (χ2n) is 4.24. The van der Waals surface area contributed by atoms with Gasteiger partial charge in [-0.1, -0.05) is 48.5 Å². The smallest absolute Gasteiger partial charge is 0.207 e. The van der Waals surface area contributed by atoms with Gasteiger partial charge in [0.25, 0.3) is 0 Å². The lowest BCUT2D eigenvalue weighted by molar-refractivity contribution is 1.39. The van der Waals surface area contributed by atoms with E-state index < -0.39 is 0 Å². The van der Waals surface area contributed by atoms with Crippen LogP contribution in [0.15, 0.2) is 64.6 Å². The van der Waals surface area contributed by atoms with Gasteiger partial charge >= 0.3 is 0 Å². The van der Waals surface area contributed by atoms with Crippen molar-refractivity contribution >= 4 is 11.7 Å². The lowest BCUT2D eigenvalue weighted by atomic mass is 10.0. The quantitative estimate of drug-likeness (QED) is 0.513. The Hall–Kier alpha value is -2.93. The average molecular weight is 262 g/mol. The fourth-order valence-corrected chi connectivity index (χ4v) is 1.84. The summed E-state index contributed by atoms with van der Waals surface area (Å²) in [4.78, 5) is 7.82. The van der Waals surface area contributed by atoms with Crippen LogP contribution in [0.5, 0.6) is 0 Å². The second-order valence-corrected chi connectivity index (χ2v) is 4.24. The number of nitrogens with zero attached hydrogens (tertiary/aromatic N) is 3. The first kappa shape index (κ1) is 13.5. The Morgan fingerprint density at radius 2 is 1.75 bits per heavy atom. The minimum absolute atomic E-state index is 0.324. The number of nitrogens with two attached hydrogens (primary N) is 1. The lowest BCUT2D eigenvalue weighted by Crippen LogP contribution is -2.10. The molecule has 0 aliphatic rings. The van der Waals surface area contributed by atoms with Crippen molar-refractivity contribution in [3.05, 3.63) is 60.2 Å². The summed E-state index contributed by atoms with van der Waals surface area (Å²) >= 11 is 0. The summed E-state index contributed by atoms with van der Waals surface area (Å²) in [7, 11) is 0. The zero-order valence-corrected chi connectivity index (χ0v) is 11.1. The molecule has 98 valence electrons. The summed E-state index contributed by atoms with van der Waals surface area (Å²) in [6.07, 6.45) is 1.76. The van der Waals surface area contributed by atoms with Crippen LogP contribution in [0, 0.1) is 11.5 Å². The molecule has 0 fully saturated rings. The highest BCUT2D eigenvalue weighted by molar-refractivity contribution is 6.06. The molecule has 0 amide bonds. The molecule has 0 aromatic heterocycles. The van der Waals surface area contributed by atoms with Crippen LogP contribution >= 0.6 is 0 Å². The molecule has 0 heterocycles. The van der Waals surface area contributed by atoms with E-state index in [0.717, 1.165) is 16.7 Å². The van der Waals surface area contributed by atoms with E-state index in [0.29, 0.717) is 11.7 Å². The monoisotopic (exact) mass is 262 g/mol. The highest BCUT2D eigenvalue weighted by Crippen LogP contribution is 2.20. The lowest BCUT2D eigenvalue weighted by Gasteiger charge is -2.05. The molecule has 4 nitrogen and oxygen atoms in total. The molecule has 0 spiro atoms. The Morgan fingerprint density at radius 1 is 1.05 bits per heavy atom. The highest BCUT2D eigenvalue weighted by Gasteiger charge is 2.05. The predicted molar refractivity (Wildman–Crippen MR) is 81.3 cm³/mol. The molecule has 2 rings (SSSR count). The van der Waals surface area contributed by atoms with E-state index in [4.69, 9.17) is 11.0 Å². The first-order valence-electron chi connectivity index (χ1n) is 6.14. The topological polar surface area (TPSA) is 74.5 Å². The number of hydrogen-bond acceptors (Lipinski definition) is 2. The van der Waals surface area contributed by atoms with Gasteiger partial charge in [-0.2, -0.15) is 10.3 Å². The Balaban J connectivity index is 2.47. The van der Waals surface area contributed by atoms with Gasteiger partial charge in [-0.05, 0) is 24.1 Å². The number of hydrogen-bond donors (Lipinski definition) is 1. The van der Waals surface area contributed by atoms with E-state index in [1.165, 1.54) is 0 Å². The maximum absolute atomic E-state index is 8.75. The Morgan fingerprint density at radius 3 is 2.40 bits per heavy atom. The van der Waals surface area contributed by atoms with Crippen LogP contribution in [-0.4, -0.2) is 11.7 Å². The SMILES string of the molecule is CC(N)=NC(=NC#N)c1cccc(-c2ccccc2)c1. The maximum Gasteiger partial charge on any atom is 0.207 e. The number of benzene rings is 2. The fraction of sp³-hybridized carbons (Fsp3) is 0.0625. The van der Waals surface area contributed by atoms with Gasteiger partial charge in [-0.25, -0.2) is 4.99 Å². The molecule has 0 atom stereocenters. The molecule has 0 bridgehead atoms. The first-order chi connectivity index (χ1) is 9.70. The zero-order valence-electron chi connectivity index (χ0n) is 11.1. The highest BCUT2D eigenvalue weighted by atomic mass is 15.0. The van der Waals surface area contributed by atoms with Crippen molar-refractivity contribution in [2.45, 2.75) is 6.92 Å². The largest absolute Gasteiger partial charge is 0.387 e. The van der Waals surface area contributed by atoms with E-state index in [9.17, 15) is 0 Å². The molecular formula is C16H14N4. The van der Waals surface area contributed by atoms with Gasteiger partial charge in [0.05, 0.1) is 5.84 Å². The minimum Gasteiger partial charge on any atom is -0.387 e. The van der Waals surface area contributed by atoms with Gasteiger partial charge in [0, 0.05) is 5.56 Å². The van der Waals surface area contributed by atoms with E-state index in [1.54, 1.807) is 13.1 Å². The van der Waals surface area contributed by atoms with Crippen LogP contribution in [-0.2, 0) is 0 Å². The van der Waals surface area contributed by atoms with Crippen LogP contribution in [0.25, 0.3) is 11.1 Å². The third kappa shape index (κ3) is 3.30. The van der Waals surface area contributed by atoms with Gasteiger partial charge in [-0.3, -0.25) is 0 Å². The molecule has 2 aromatic rings. The van der Waals surface area contributed by atoms with Crippen molar-refractivity contribution < 1.29 is 0 Å². The molecular weight excluding hydrogens is 248 g/mol. The molecule has 2 N–H and O–H groups in total. The van der Waals surface area contributed by atoms with Crippen molar-refractivity contribution in [3.8, 4) is 17.3 Å². The molecule has 0 aliphatic heterocycles. The summed E-state index contributed by atoms with van der Waals surface area (Å²) < 4.78 is 0. The van der Waals surface area contributed by atoms with Gasteiger partial charge in [0.1, 0.15) is 0 Å². The van der Waals surface area contributed by atoms with Crippen molar-refractivity contribution in [3.63, 3.8) is 0 Å².